The number of aromatic nitrogens is 2. The zero-order chi connectivity index (χ0) is 18.0. The number of halogens is 4. The molecule has 8 heteroatoms. The van der Waals surface area contributed by atoms with Crippen molar-refractivity contribution in [1.82, 2.24) is 9.55 Å². The van der Waals surface area contributed by atoms with E-state index in [9.17, 15) is 18.0 Å². The summed E-state index contributed by atoms with van der Waals surface area (Å²) in [5.41, 5.74) is 1.02. The second-order valence-electron chi connectivity index (χ2n) is 5.39. The standard InChI is InChI=1S/C17H12ClF3N2O2/c18-12-3-6-15-14(7-12)16(24)23(10-22-15)8-11-1-4-13(5-2-11)25-9-17(19,20)21/h1-7,10H,8-9H2. The van der Waals surface area contributed by atoms with Crippen LogP contribution in [0.1, 0.15) is 5.56 Å². The van der Waals surface area contributed by atoms with Crippen LogP contribution in [0, 0.1) is 0 Å². The summed E-state index contributed by atoms with van der Waals surface area (Å²) in [5, 5.41) is 0.843. The molecule has 130 valence electrons. The Balaban J connectivity index is 1.79. The molecular formula is C17H12ClF3N2O2. The average molecular weight is 369 g/mol. The molecule has 0 radical (unpaired) electrons. The minimum absolute atomic E-state index is 0.108. The Kier molecular flexibility index (Phi) is 4.67. The highest BCUT2D eigenvalue weighted by Crippen LogP contribution is 2.19. The maximum atomic E-state index is 12.5. The molecule has 2 aromatic carbocycles. The largest absolute Gasteiger partial charge is 0.484 e. The zero-order valence-electron chi connectivity index (χ0n) is 12.8. The number of benzene rings is 2. The molecule has 1 aromatic heterocycles. The second kappa shape index (κ2) is 6.76. The number of fused-ring (bicyclic) bond motifs is 1. The molecule has 3 rings (SSSR count). The van der Waals surface area contributed by atoms with Crippen molar-refractivity contribution in [3.05, 3.63) is 69.7 Å². The van der Waals surface area contributed by atoms with Crippen LogP contribution in [0.15, 0.2) is 53.6 Å². The van der Waals surface area contributed by atoms with Crippen LogP contribution in [-0.2, 0) is 6.54 Å². The summed E-state index contributed by atoms with van der Waals surface area (Å²) in [6.07, 6.45) is -2.96. The zero-order valence-corrected chi connectivity index (χ0v) is 13.5. The SMILES string of the molecule is O=c1c2cc(Cl)ccc2ncn1Cc1ccc(OCC(F)(F)F)cc1. The Morgan fingerprint density at radius 3 is 2.52 bits per heavy atom. The lowest BCUT2D eigenvalue weighted by Crippen LogP contribution is -2.21. The van der Waals surface area contributed by atoms with Gasteiger partial charge in [0.1, 0.15) is 5.75 Å². The fourth-order valence-electron chi connectivity index (χ4n) is 2.30. The molecule has 25 heavy (non-hydrogen) atoms. The first-order valence-corrected chi connectivity index (χ1v) is 7.63. The van der Waals surface area contributed by atoms with E-state index < -0.39 is 12.8 Å². The molecule has 0 unspecified atom stereocenters. The van der Waals surface area contributed by atoms with Gasteiger partial charge in [0.05, 0.1) is 23.8 Å². The maximum Gasteiger partial charge on any atom is 0.422 e. The molecule has 0 spiro atoms. The van der Waals surface area contributed by atoms with Crippen LogP contribution in [0.5, 0.6) is 5.75 Å². The molecule has 4 nitrogen and oxygen atoms in total. The van der Waals surface area contributed by atoms with Gasteiger partial charge in [-0.2, -0.15) is 13.2 Å². The third kappa shape index (κ3) is 4.30. The first-order chi connectivity index (χ1) is 11.8. The van der Waals surface area contributed by atoms with Crippen molar-refractivity contribution in [2.75, 3.05) is 6.61 Å². The Labute approximate surface area is 145 Å². The molecule has 0 fully saturated rings. The maximum absolute atomic E-state index is 12.5. The predicted octanol–water partition coefficient (Wildman–Crippen LogP) is 4.04. The lowest BCUT2D eigenvalue weighted by atomic mass is 10.2. The highest BCUT2D eigenvalue weighted by molar-refractivity contribution is 6.31. The van der Waals surface area contributed by atoms with Gasteiger partial charge in [0.15, 0.2) is 6.61 Å². The summed E-state index contributed by atoms with van der Waals surface area (Å²) in [7, 11) is 0. The summed E-state index contributed by atoms with van der Waals surface area (Å²) in [5.74, 6) is 0.108. The number of ether oxygens (including phenoxy) is 1. The van der Waals surface area contributed by atoms with Gasteiger partial charge < -0.3 is 4.74 Å². The van der Waals surface area contributed by atoms with Crippen molar-refractivity contribution < 1.29 is 17.9 Å². The van der Waals surface area contributed by atoms with Crippen molar-refractivity contribution >= 4 is 22.5 Å². The van der Waals surface area contributed by atoms with Crippen LogP contribution in [0.4, 0.5) is 13.2 Å². The lowest BCUT2D eigenvalue weighted by molar-refractivity contribution is -0.153. The number of rotatable bonds is 4. The highest BCUT2D eigenvalue weighted by atomic mass is 35.5. The predicted molar refractivity (Wildman–Crippen MR) is 88.1 cm³/mol. The van der Waals surface area contributed by atoms with Gasteiger partial charge in [0, 0.05) is 5.02 Å². The van der Waals surface area contributed by atoms with E-state index in [2.05, 4.69) is 9.72 Å². The van der Waals surface area contributed by atoms with E-state index in [0.29, 0.717) is 15.9 Å². The molecule has 0 saturated carbocycles. The van der Waals surface area contributed by atoms with Crippen molar-refractivity contribution in [1.29, 1.82) is 0 Å². The molecule has 0 bridgehead atoms. The average Bonchev–Trinajstić information content (AvgIpc) is 2.56. The molecular weight excluding hydrogens is 357 g/mol. The Morgan fingerprint density at radius 2 is 1.84 bits per heavy atom. The highest BCUT2D eigenvalue weighted by Gasteiger charge is 2.28. The van der Waals surface area contributed by atoms with E-state index in [1.165, 1.54) is 23.0 Å². The van der Waals surface area contributed by atoms with Crippen LogP contribution in [0.3, 0.4) is 0 Å². The Bertz CT molecular complexity index is 953. The number of hydrogen-bond acceptors (Lipinski definition) is 3. The van der Waals surface area contributed by atoms with Gasteiger partial charge in [-0.15, -0.1) is 0 Å². The van der Waals surface area contributed by atoms with Gasteiger partial charge in [0.25, 0.3) is 5.56 Å². The fraction of sp³-hybridized carbons (Fsp3) is 0.176. The van der Waals surface area contributed by atoms with E-state index in [1.807, 2.05) is 0 Å². The van der Waals surface area contributed by atoms with E-state index in [4.69, 9.17) is 11.6 Å². The van der Waals surface area contributed by atoms with Gasteiger partial charge in [-0.25, -0.2) is 4.98 Å². The normalized spacial score (nSPS) is 11.7. The van der Waals surface area contributed by atoms with Crippen molar-refractivity contribution in [2.45, 2.75) is 12.7 Å². The Hall–Kier alpha value is -2.54. The smallest absolute Gasteiger partial charge is 0.422 e. The van der Waals surface area contributed by atoms with Crippen molar-refractivity contribution in [3.63, 3.8) is 0 Å². The summed E-state index contributed by atoms with van der Waals surface area (Å²) in [6.45, 7) is -1.12. The quantitative estimate of drug-likeness (QED) is 0.698. The van der Waals surface area contributed by atoms with Crippen LogP contribution in [-0.4, -0.2) is 22.3 Å². The third-order valence-electron chi connectivity index (χ3n) is 3.46. The van der Waals surface area contributed by atoms with Crippen LogP contribution in [0.25, 0.3) is 10.9 Å². The summed E-state index contributed by atoms with van der Waals surface area (Å²) in [6, 6.07) is 10.9. The molecule has 3 aromatic rings. The van der Waals surface area contributed by atoms with E-state index in [-0.39, 0.29) is 17.9 Å². The monoisotopic (exact) mass is 368 g/mol. The van der Waals surface area contributed by atoms with Crippen LogP contribution >= 0.6 is 11.6 Å². The topological polar surface area (TPSA) is 44.1 Å². The van der Waals surface area contributed by atoms with E-state index in [0.717, 1.165) is 5.56 Å². The summed E-state index contributed by atoms with van der Waals surface area (Å²) < 4.78 is 42.4. The Morgan fingerprint density at radius 1 is 1.12 bits per heavy atom. The fourth-order valence-corrected chi connectivity index (χ4v) is 2.47. The minimum atomic E-state index is -4.38. The molecule has 0 aliphatic carbocycles. The van der Waals surface area contributed by atoms with Crippen molar-refractivity contribution in [2.24, 2.45) is 0 Å². The van der Waals surface area contributed by atoms with Gasteiger partial charge in [-0.1, -0.05) is 23.7 Å². The lowest BCUT2D eigenvalue weighted by Gasteiger charge is -2.10. The van der Waals surface area contributed by atoms with Gasteiger partial charge in [0.2, 0.25) is 0 Å². The van der Waals surface area contributed by atoms with Crippen LogP contribution < -0.4 is 10.3 Å². The first kappa shape index (κ1) is 17.3. The molecule has 0 amide bonds. The molecule has 0 N–H and O–H groups in total. The number of hydrogen-bond donors (Lipinski definition) is 0. The van der Waals surface area contributed by atoms with E-state index >= 15 is 0 Å². The summed E-state index contributed by atoms with van der Waals surface area (Å²) in [4.78, 5) is 16.7. The van der Waals surface area contributed by atoms with Crippen LogP contribution in [0.2, 0.25) is 5.02 Å². The molecule has 0 atom stereocenters. The molecule has 0 saturated heterocycles. The molecule has 0 aliphatic heterocycles. The van der Waals surface area contributed by atoms with Gasteiger partial charge in [-0.3, -0.25) is 9.36 Å². The molecule has 1 heterocycles. The second-order valence-corrected chi connectivity index (χ2v) is 5.82. The van der Waals surface area contributed by atoms with E-state index in [1.54, 1.807) is 30.3 Å². The van der Waals surface area contributed by atoms with Gasteiger partial charge in [-0.05, 0) is 35.9 Å². The first-order valence-electron chi connectivity index (χ1n) is 7.25. The van der Waals surface area contributed by atoms with Gasteiger partial charge >= 0.3 is 6.18 Å². The molecule has 0 aliphatic rings. The minimum Gasteiger partial charge on any atom is -0.484 e. The number of nitrogens with zero attached hydrogens (tertiary/aromatic N) is 2. The summed E-state index contributed by atoms with van der Waals surface area (Å²) >= 11 is 5.91. The third-order valence-corrected chi connectivity index (χ3v) is 3.70. The van der Waals surface area contributed by atoms with Crippen molar-refractivity contribution in [3.8, 4) is 5.75 Å². The number of alkyl halides is 3.